The van der Waals surface area contributed by atoms with Crippen LogP contribution >= 0.6 is 0 Å². The summed E-state index contributed by atoms with van der Waals surface area (Å²) in [5.74, 6) is -20.5. The van der Waals surface area contributed by atoms with Gasteiger partial charge in [-0.1, -0.05) is 6.58 Å². The second-order valence-corrected chi connectivity index (χ2v) is 4.18. The Hall–Kier alpha value is -1.42. The molecule has 0 fully saturated rings. The van der Waals surface area contributed by atoms with Crippen LogP contribution in [0, 0.1) is 0 Å². The van der Waals surface area contributed by atoms with Gasteiger partial charge < -0.3 is 4.74 Å². The maximum atomic E-state index is 13.0. The van der Waals surface area contributed by atoms with E-state index in [0.717, 1.165) is 6.92 Å². The lowest BCUT2D eigenvalue weighted by molar-refractivity contribution is -0.365. The number of carbonyl (C=O) groups excluding carboxylic acids is 1. The Morgan fingerprint density at radius 3 is 1.71 bits per heavy atom. The number of esters is 1. The zero-order valence-corrected chi connectivity index (χ0v) is 10.5. The number of carbonyl (C=O) groups is 1. The van der Waals surface area contributed by atoms with Gasteiger partial charge in [-0.2, -0.15) is 35.1 Å². The third kappa shape index (κ3) is 3.62. The molecule has 124 valence electrons. The minimum atomic E-state index is -6.51. The van der Waals surface area contributed by atoms with Crippen LogP contribution < -0.4 is 0 Å². The van der Waals surface area contributed by atoms with Crippen LogP contribution in [0.5, 0.6) is 0 Å². The van der Waals surface area contributed by atoms with Crippen LogP contribution in [0.4, 0.5) is 39.5 Å². The Bertz CT molecular complexity index is 425. The summed E-state index contributed by atoms with van der Waals surface area (Å²) in [6, 6.07) is 0. The van der Waals surface area contributed by atoms with Gasteiger partial charge in [-0.15, -0.1) is 0 Å². The molecule has 0 spiro atoms. The predicted octanol–water partition coefficient (Wildman–Crippen LogP) is 3.96. The van der Waals surface area contributed by atoms with E-state index in [1.807, 2.05) is 0 Å². The van der Waals surface area contributed by atoms with Crippen molar-refractivity contribution in [1.29, 1.82) is 0 Å². The van der Waals surface area contributed by atoms with E-state index in [1.165, 1.54) is 0 Å². The molecular weight excluding hydrogens is 323 g/mol. The molecular formula is C10H9F9O2. The van der Waals surface area contributed by atoms with E-state index in [2.05, 4.69) is 11.3 Å². The van der Waals surface area contributed by atoms with Crippen molar-refractivity contribution in [2.24, 2.45) is 0 Å². The highest BCUT2D eigenvalue weighted by Gasteiger charge is 2.77. The largest absolute Gasteiger partial charge is 0.438 e. The molecule has 2 nitrogen and oxygen atoms in total. The number of rotatable bonds is 6. The molecule has 0 N–H and O–H groups in total. The second kappa shape index (κ2) is 5.41. The van der Waals surface area contributed by atoms with Crippen LogP contribution in [-0.2, 0) is 9.53 Å². The molecule has 0 heterocycles. The smallest absolute Gasteiger partial charge is 0.395 e. The van der Waals surface area contributed by atoms with Gasteiger partial charge in [0.05, 0.1) is 0 Å². The zero-order valence-electron chi connectivity index (χ0n) is 10.5. The zero-order chi connectivity index (χ0) is 17.4. The third-order valence-electron chi connectivity index (χ3n) is 2.16. The standard InChI is InChI=1S/C10H9F9O2/c1-4(2)5(20)21-9(16,17)6(11)8(14,15)10(18,19)7(3,12)13/h6H,1H2,2-3H3. The molecule has 0 aliphatic carbocycles. The molecule has 0 amide bonds. The number of hydrogen-bond donors (Lipinski definition) is 0. The van der Waals surface area contributed by atoms with Crippen molar-refractivity contribution in [1.82, 2.24) is 0 Å². The van der Waals surface area contributed by atoms with Gasteiger partial charge >= 0.3 is 29.8 Å². The summed E-state index contributed by atoms with van der Waals surface area (Å²) >= 11 is 0. The van der Waals surface area contributed by atoms with Crippen molar-refractivity contribution in [3.63, 3.8) is 0 Å². The van der Waals surface area contributed by atoms with Crippen LogP contribution in [0.15, 0.2) is 12.2 Å². The molecule has 0 rings (SSSR count). The van der Waals surface area contributed by atoms with E-state index in [1.54, 1.807) is 0 Å². The fourth-order valence-corrected chi connectivity index (χ4v) is 0.925. The molecule has 1 unspecified atom stereocenters. The fourth-order valence-electron chi connectivity index (χ4n) is 0.925. The maximum Gasteiger partial charge on any atom is 0.438 e. The van der Waals surface area contributed by atoms with Crippen LogP contribution in [-0.4, -0.2) is 36.0 Å². The SMILES string of the molecule is C=C(C)C(=O)OC(F)(F)C(F)C(F)(F)C(F)(F)C(C)(F)F. The summed E-state index contributed by atoms with van der Waals surface area (Å²) in [6.45, 7) is 2.84. The highest BCUT2D eigenvalue weighted by atomic mass is 19.4. The highest BCUT2D eigenvalue weighted by molar-refractivity contribution is 5.87. The van der Waals surface area contributed by atoms with Crippen LogP contribution in [0.25, 0.3) is 0 Å². The van der Waals surface area contributed by atoms with Crippen LogP contribution in [0.1, 0.15) is 13.8 Å². The van der Waals surface area contributed by atoms with Gasteiger partial charge in [-0.05, 0) is 6.92 Å². The van der Waals surface area contributed by atoms with E-state index >= 15 is 0 Å². The Labute approximate surface area is 112 Å². The molecule has 21 heavy (non-hydrogen) atoms. The monoisotopic (exact) mass is 332 g/mol. The Kier molecular flexibility index (Phi) is 5.04. The van der Waals surface area contributed by atoms with Gasteiger partial charge in [0, 0.05) is 12.5 Å². The summed E-state index contributed by atoms with van der Waals surface area (Å²) < 4.78 is 118. The number of alkyl halides is 9. The molecule has 0 aromatic heterocycles. The third-order valence-corrected chi connectivity index (χ3v) is 2.16. The molecule has 0 aromatic rings. The Balaban J connectivity index is 5.53. The molecule has 0 bridgehead atoms. The van der Waals surface area contributed by atoms with E-state index < -0.39 is 48.5 Å². The van der Waals surface area contributed by atoms with Gasteiger partial charge in [0.25, 0.3) is 6.17 Å². The van der Waals surface area contributed by atoms with Crippen molar-refractivity contribution in [2.75, 3.05) is 0 Å². The molecule has 0 radical (unpaired) electrons. The Morgan fingerprint density at radius 1 is 1.05 bits per heavy atom. The lowest BCUT2D eigenvalue weighted by atomic mass is 10.0. The van der Waals surface area contributed by atoms with Crippen molar-refractivity contribution in [3.05, 3.63) is 12.2 Å². The minimum absolute atomic E-state index is 0.703. The van der Waals surface area contributed by atoms with E-state index in [0.29, 0.717) is 0 Å². The predicted molar refractivity (Wildman–Crippen MR) is 51.3 cm³/mol. The molecule has 0 aromatic carbocycles. The summed E-state index contributed by atoms with van der Waals surface area (Å²) in [7, 11) is 0. The van der Waals surface area contributed by atoms with Crippen molar-refractivity contribution in [2.45, 2.75) is 43.9 Å². The van der Waals surface area contributed by atoms with Gasteiger partial charge in [0.15, 0.2) is 0 Å². The fraction of sp³-hybridized carbons (Fsp3) is 0.700. The first-order chi connectivity index (χ1) is 8.98. The quantitative estimate of drug-likeness (QED) is 0.418. The Morgan fingerprint density at radius 2 is 1.43 bits per heavy atom. The lowest BCUT2D eigenvalue weighted by Gasteiger charge is -2.34. The topological polar surface area (TPSA) is 26.3 Å². The van der Waals surface area contributed by atoms with E-state index in [-0.39, 0.29) is 0 Å². The molecule has 1 atom stereocenters. The number of hydrogen-bond acceptors (Lipinski definition) is 2. The molecule has 0 saturated carbocycles. The summed E-state index contributed by atoms with van der Waals surface area (Å²) in [5, 5.41) is 0. The average molecular weight is 332 g/mol. The first-order valence-corrected chi connectivity index (χ1v) is 5.02. The second-order valence-electron chi connectivity index (χ2n) is 4.18. The minimum Gasteiger partial charge on any atom is -0.395 e. The van der Waals surface area contributed by atoms with E-state index in [4.69, 9.17) is 0 Å². The first kappa shape index (κ1) is 19.6. The van der Waals surface area contributed by atoms with Crippen LogP contribution in [0.2, 0.25) is 0 Å². The van der Waals surface area contributed by atoms with Crippen molar-refractivity contribution >= 4 is 5.97 Å². The van der Waals surface area contributed by atoms with Crippen LogP contribution in [0.3, 0.4) is 0 Å². The van der Waals surface area contributed by atoms with Gasteiger partial charge in [0.1, 0.15) is 0 Å². The number of ether oxygens (including phenoxy) is 1. The van der Waals surface area contributed by atoms with Gasteiger partial charge in [-0.3, -0.25) is 0 Å². The summed E-state index contributed by atoms with van der Waals surface area (Å²) in [6.07, 6.45) is -11.0. The van der Waals surface area contributed by atoms with E-state index in [9.17, 15) is 44.3 Å². The lowest BCUT2D eigenvalue weighted by Crippen LogP contribution is -2.61. The normalized spacial score (nSPS) is 15.6. The average Bonchev–Trinajstić information content (AvgIpc) is 2.25. The molecule has 0 saturated heterocycles. The summed E-state index contributed by atoms with van der Waals surface area (Å²) in [5.41, 5.74) is -0.780. The van der Waals surface area contributed by atoms with Crippen molar-refractivity contribution < 1.29 is 49.0 Å². The molecule has 0 aliphatic heterocycles. The molecule has 11 heteroatoms. The van der Waals surface area contributed by atoms with Gasteiger partial charge in [-0.25, -0.2) is 9.18 Å². The summed E-state index contributed by atoms with van der Waals surface area (Å²) in [4.78, 5) is 10.7. The van der Waals surface area contributed by atoms with Crippen molar-refractivity contribution in [3.8, 4) is 0 Å². The highest BCUT2D eigenvalue weighted by Crippen LogP contribution is 2.51. The first-order valence-electron chi connectivity index (χ1n) is 5.02. The maximum absolute atomic E-state index is 13.0. The number of halogens is 9. The molecule has 0 aliphatic rings. The van der Waals surface area contributed by atoms with Gasteiger partial charge in [0.2, 0.25) is 0 Å².